The van der Waals surface area contributed by atoms with E-state index in [4.69, 9.17) is 11.5 Å². The first-order valence-corrected chi connectivity index (χ1v) is 19.2. The maximum atomic E-state index is 14.1. The van der Waals surface area contributed by atoms with Crippen molar-refractivity contribution >= 4 is 64.4 Å². The lowest BCUT2D eigenvalue weighted by molar-refractivity contribution is -0.144. The Kier molecular flexibility index (Phi) is 14.0. The van der Waals surface area contributed by atoms with Gasteiger partial charge in [0.2, 0.25) is 41.4 Å². The number of thiophene rings is 1. The molecule has 2 aliphatic heterocycles. The summed E-state index contributed by atoms with van der Waals surface area (Å²) in [6.07, 6.45) is -1.18. The second kappa shape index (κ2) is 18.0. The molecule has 10 N–H and O–H groups in total. The van der Waals surface area contributed by atoms with Gasteiger partial charge in [0.15, 0.2) is 0 Å². The Morgan fingerprint density at radius 2 is 1.64 bits per heavy atom. The molecule has 1 aromatic carbocycles. The van der Waals surface area contributed by atoms with Crippen molar-refractivity contribution in [3.05, 3.63) is 46.8 Å². The summed E-state index contributed by atoms with van der Waals surface area (Å²) in [7, 11) is 0. The first kappa shape index (κ1) is 41.2. The molecule has 18 heteroatoms. The fourth-order valence-corrected chi connectivity index (χ4v) is 7.85. The molecule has 0 unspecified atom stereocenters. The third-order valence-corrected chi connectivity index (χ3v) is 11.0. The van der Waals surface area contributed by atoms with Gasteiger partial charge in [-0.3, -0.25) is 33.6 Å². The van der Waals surface area contributed by atoms with E-state index in [9.17, 15) is 38.7 Å². The first-order chi connectivity index (χ1) is 25.0. The molecule has 2 saturated heterocycles. The molecule has 1 aromatic heterocycles. The molecule has 0 spiro atoms. The van der Waals surface area contributed by atoms with Crippen LogP contribution < -0.4 is 38.1 Å². The molecular formula is C35H48N8O8S2. The normalized spacial score (nSPS) is 26.0. The number of rotatable bonds is 5. The molecule has 6 atom stereocenters. The summed E-state index contributed by atoms with van der Waals surface area (Å²) in [5, 5.41) is 25.6. The zero-order valence-corrected chi connectivity index (χ0v) is 31.7. The number of thioether (sulfide) groups is 1. The van der Waals surface area contributed by atoms with Crippen LogP contribution >= 0.6 is 23.1 Å². The number of primary amides is 1. The molecule has 3 heterocycles. The maximum absolute atomic E-state index is 14.1. The van der Waals surface area contributed by atoms with Gasteiger partial charge in [-0.15, -0.1) is 23.1 Å². The topological polar surface area (TPSA) is 255 Å². The number of carbonyl (C=O) groups is 7. The van der Waals surface area contributed by atoms with E-state index < -0.39 is 89.6 Å². The Bertz CT molecular complexity index is 1690. The van der Waals surface area contributed by atoms with Gasteiger partial charge in [0.25, 0.3) is 0 Å². The highest BCUT2D eigenvalue weighted by molar-refractivity contribution is 8.00. The first-order valence-electron chi connectivity index (χ1n) is 17.2. The number of aliphatic hydroxyl groups excluding tert-OH is 1. The highest BCUT2D eigenvalue weighted by atomic mass is 32.2. The highest BCUT2D eigenvalue weighted by Gasteiger charge is 2.45. The van der Waals surface area contributed by atoms with Gasteiger partial charge in [0.1, 0.15) is 30.2 Å². The van der Waals surface area contributed by atoms with Crippen molar-refractivity contribution in [1.82, 2.24) is 31.5 Å². The number of benzene rings is 1. The molecule has 0 aliphatic carbocycles. The third-order valence-electron chi connectivity index (χ3n) is 8.91. The second-order valence-electron chi connectivity index (χ2n) is 14.2. The Hall–Kier alpha value is -4.52. The fourth-order valence-electron chi connectivity index (χ4n) is 6.04. The second-order valence-corrected chi connectivity index (χ2v) is 16.1. The van der Waals surface area contributed by atoms with Crippen molar-refractivity contribution in [3.8, 4) is 10.4 Å². The minimum absolute atomic E-state index is 0.00344. The standard InChI is InChI=1S/C35H48N8O8S2/c1-18-10-12-53-28(18)20-7-5-19(6-8-20)27-33(50)38-14-25(45)39-22(9-11-36)31(48)40-23(30(37)47)16-52-17-26(46)41-29(35(2,3)4)34(51)43-15-21(44)13-24(43)32(49)42-27/h5-8,10,12,21-24,27,29,44H,9,11,13-17,36H2,1-4H3,(H2,37,47)(H,38,50)(H,39,45)(H,40,48)(H,41,46)(H,42,49)/t21-,22-,23-,24+,27-,29-/m1/s1. The smallest absolute Gasteiger partial charge is 0.247 e. The molecule has 2 fully saturated rings. The van der Waals surface area contributed by atoms with E-state index in [0.717, 1.165) is 27.8 Å². The van der Waals surface area contributed by atoms with Gasteiger partial charge in [-0.05, 0) is 53.4 Å². The van der Waals surface area contributed by atoms with Crippen LogP contribution in [0.2, 0.25) is 0 Å². The molecule has 2 aromatic rings. The van der Waals surface area contributed by atoms with Crippen molar-refractivity contribution < 1.29 is 38.7 Å². The Balaban J connectivity index is 1.70. The van der Waals surface area contributed by atoms with Crippen molar-refractivity contribution in [2.75, 3.05) is 31.1 Å². The van der Waals surface area contributed by atoms with Crippen molar-refractivity contribution in [3.63, 3.8) is 0 Å². The fraction of sp³-hybridized carbons (Fsp3) is 0.514. The predicted octanol–water partition coefficient (Wildman–Crippen LogP) is -0.960. The molecule has 0 radical (unpaired) electrons. The summed E-state index contributed by atoms with van der Waals surface area (Å²) >= 11 is 2.54. The third kappa shape index (κ3) is 10.8. The Labute approximate surface area is 315 Å². The number of hydrogen-bond donors (Lipinski definition) is 8. The lowest BCUT2D eigenvalue weighted by Gasteiger charge is -2.35. The van der Waals surface area contributed by atoms with E-state index in [1.165, 1.54) is 4.90 Å². The number of fused-ring (bicyclic) bond motifs is 1. The number of aliphatic hydroxyl groups is 1. The van der Waals surface area contributed by atoms with E-state index in [2.05, 4.69) is 26.6 Å². The molecule has 2 aliphatic rings. The summed E-state index contributed by atoms with van der Waals surface area (Å²) in [6.45, 7) is 6.40. The van der Waals surface area contributed by atoms with Crippen molar-refractivity contribution in [2.45, 2.75) is 76.8 Å². The van der Waals surface area contributed by atoms with E-state index in [1.54, 1.807) is 56.4 Å². The minimum atomic E-state index is -1.34. The molecule has 0 saturated carbocycles. The summed E-state index contributed by atoms with van der Waals surface area (Å²) in [5.74, 6) is -5.35. The number of nitrogens with one attached hydrogen (secondary N) is 5. The Morgan fingerprint density at radius 3 is 2.25 bits per heavy atom. The van der Waals surface area contributed by atoms with Gasteiger partial charge < -0.3 is 48.1 Å². The van der Waals surface area contributed by atoms with Gasteiger partial charge in [-0.25, -0.2) is 0 Å². The monoisotopic (exact) mass is 772 g/mol. The van der Waals surface area contributed by atoms with Gasteiger partial charge in [-0.1, -0.05) is 45.0 Å². The summed E-state index contributed by atoms with van der Waals surface area (Å²) in [6, 6.07) is 2.88. The van der Waals surface area contributed by atoms with Crippen LogP contribution in [0, 0.1) is 12.3 Å². The number of aryl methyl sites for hydroxylation is 1. The van der Waals surface area contributed by atoms with E-state index in [-0.39, 0.29) is 37.4 Å². The quantitative estimate of drug-likeness (QED) is 0.185. The van der Waals surface area contributed by atoms with E-state index in [0.29, 0.717) is 5.56 Å². The van der Waals surface area contributed by atoms with Crippen LogP contribution in [-0.2, 0) is 33.6 Å². The minimum Gasteiger partial charge on any atom is -0.391 e. The average Bonchev–Trinajstić information content (AvgIpc) is 3.71. The molecule has 53 heavy (non-hydrogen) atoms. The average molecular weight is 773 g/mol. The zero-order valence-electron chi connectivity index (χ0n) is 30.1. The molecule has 4 rings (SSSR count). The van der Waals surface area contributed by atoms with Crippen LogP contribution in [0.1, 0.15) is 50.8 Å². The molecule has 16 nitrogen and oxygen atoms in total. The van der Waals surface area contributed by atoms with Crippen molar-refractivity contribution in [1.29, 1.82) is 0 Å². The lowest BCUT2D eigenvalue weighted by Crippen LogP contribution is -2.58. The summed E-state index contributed by atoms with van der Waals surface area (Å²) in [5.41, 5.74) is 12.7. The highest BCUT2D eigenvalue weighted by Crippen LogP contribution is 2.31. The van der Waals surface area contributed by atoms with Gasteiger partial charge in [0.05, 0.1) is 18.4 Å². The van der Waals surface area contributed by atoms with E-state index >= 15 is 0 Å². The molecule has 288 valence electrons. The lowest BCUT2D eigenvalue weighted by atomic mass is 9.85. The summed E-state index contributed by atoms with van der Waals surface area (Å²) in [4.78, 5) is 95.7. The Morgan fingerprint density at radius 1 is 0.943 bits per heavy atom. The van der Waals surface area contributed by atoms with Crippen LogP contribution in [0.25, 0.3) is 10.4 Å². The van der Waals surface area contributed by atoms with Crippen LogP contribution in [0.4, 0.5) is 0 Å². The number of hydrogen-bond acceptors (Lipinski definition) is 11. The number of nitrogens with two attached hydrogens (primary N) is 2. The number of amides is 7. The van der Waals surface area contributed by atoms with E-state index in [1.807, 2.05) is 18.4 Å². The van der Waals surface area contributed by atoms with Gasteiger partial charge in [-0.2, -0.15) is 0 Å². The maximum Gasteiger partial charge on any atom is 0.247 e. The SMILES string of the molecule is Cc1ccsc1-c1ccc([C@H]2NC(=O)[C@@H]3C[C@@H](O)CN3C(=O)[C@H](C(C)(C)C)NC(=O)CSC[C@H](C(N)=O)NC(=O)[C@@H](CCN)NC(=O)CNC2=O)cc1. The van der Waals surface area contributed by atoms with Crippen LogP contribution in [-0.4, -0.2) is 113 Å². The van der Waals surface area contributed by atoms with Crippen LogP contribution in [0.5, 0.6) is 0 Å². The van der Waals surface area contributed by atoms with Gasteiger partial charge in [0, 0.05) is 23.6 Å². The predicted molar refractivity (Wildman–Crippen MR) is 200 cm³/mol. The van der Waals surface area contributed by atoms with Crippen LogP contribution in [0.3, 0.4) is 0 Å². The summed E-state index contributed by atoms with van der Waals surface area (Å²) < 4.78 is 0. The van der Waals surface area contributed by atoms with Gasteiger partial charge >= 0.3 is 0 Å². The molecule has 7 amide bonds. The zero-order chi connectivity index (χ0) is 39.0. The largest absolute Gasteiger partial charge is 0.391 e. The van der Waals surface area contributed by atoms with Crippen LogP contribution in [0.15, 0.2) is 35.7 Å². The number of carbonyl (C=O) groups excluding carboxylic acids is 7. The van der Waals surface area contributed by atoms with Crippen molar-refractivity contribution in [2.24, 2.45) is 16.9 Å². The molecular weight excluding hydrogens is 725 g/mol. The number of nitrogens with zero attached hydrogens (tertiary/aromatic N) is 1. The molecule has 0 bridgehead atoms.